The summed E-state index contributed by atoms with van der Waals surface area (Å²) in [5, 5.41) is 10.4. The van der Waals surface area contributed by atoms with E-state index in [0.717, 1.165) is 0 Å². The van der Waals surface area contributed by atoms with Crippen LogP contribution < -0.4 is 0 Å². The van der Waals surface area contributed by atoms with Crippen LogP contribution in [0.2, 0.25) is 0 Å². The third kappa shape index (κ3) is 2.09. The van der Waals surface area contributed by atoms with Crippen LogP contribution in [0.3, 0.4) is 0 Å². The molecule has 0 aromatic heterocycles. The van der Waals surface area contributed by atoms with Crippen molar-refractivity contribution in [2.45, 2.75) is 57.2 Å². The minimum atomic E-state index is -1.37. The first-order valence-electron chi connectivity index (χ1n) is 5.60. The van der Waals surface area contributed by atoms with Gasteiger partial charge < -0.3 is 9.84 Å². The molecule has 0 unspecified atom stereocenters. The molecule has 94 valence electrons. The van der Waals surface area contributed by atoms with Crippen molar-refractivity contribution in [3.8, 4) is 0 Å². The van der Waals surface area contributed by atoms with E-state index in [0.29, 0.717) is 12.8 Å². The third-order valence-electron chi connectivity index (χ3n) is 3.83. The van der Waals surface area contributed by atoms with E-state index in [1.54, 1.807) is 0 Å². The van der Waals surface area contributed by atoms with Gasteiger partial charge in [-0.3, -0.25) is 4.90 Å². The highest BCUT2D eigenvalue weighted by Gasteiger charge is 2.54. The van der Waals surface area contributed by atoms with Gasteiger partial charge in [-0.1, -0.05) is 0 Å². The van der Waals surface area contributed by atoms with Crippen molar-refractivity contribution >= 4 is 5.97 Å². The fourth-order valence-corrected chi connectivity index (χ4v) is 2.88. The van der Waals surface area contributed by atoms with Gasteiger partial charge in [-0.05, 0) is 34.7 Å². The molecule has 1 fully saturated rings. The number of aliphatic hydroxyl groups is 1. The van der Waals surface area contributed by atoms with Crippen molar-refractivity contribution < 1.29 is 14.6 Å². The zero-order chi connectivity index (χ0) is 12.8. The standard InChI is InChI=1S/C12H23NO3/c1-10(2)7-12(15,9(14)16-6)8-11(3,4)13(10)5/h15H,7-8H2,1-6H3. The van der Waals surface area contributed by atoms with Crippen molar-refractivity contribution in [3.05, 3.63) is 0 Å². The molecule has 1 heterocycles. The molecule has 4 nitrogen and oxygen atoms in total. The molecule has 1 aliphatic heterocycles. The summed E-state index contributed by atoms with van der Waals surface area (Å²) in [5.41, 5.74) is -1.83. The minimum absolute atomic E-state index is 0.231. The number of ether oxygens (including phenoxy) is 1. The van der Waals surface area contributed by atoms with Gasteiger partial charge in [0, 0.05) is 23.9 Å². The van der Waals surface area contributed by atoms with Gasteiger partial charge in [0.05, 0.1) is 7.11 Å². The quantitative estimate of drug-likeness (QED) is 0.686. The maximum absolute atomic E-state index is 11.7. The van der Waals surface area contributed by atoms with E-state index in [2.05, 4.69) is 4.90 Å². The molecule has 4 heteroatoms. The Morgan fingerprint density at radius 2 is 1.56 bits per heavy atom. The second kappa shape index (κ2) is 3.70. The van der Waals surface area contributed by atoms with Crippen LogP contribution >= 0.6 is 0 Å². The zero-order valence-electron chi connectivity index (χ0n) is 11.1. The van der Waals surface area contributed by atoms with Gasteiger partial charge >= 0.3 is 5.97 Å². The molecule has 0 atom stereocenters. The number of hydrogen-bond donors (Lipinski definition) is 1. The highest BCUT2D eigenvalue weighted by Crippen LogP contribution is 2.42. The van der Waals surface area contributed by atoms with Crippen LogP contribution in [0.1, 0.15) is 40.5 Å². The molecular formula is C12H23NO3. The van der Waals surface area contributed by atoms with E-state index in [4.69, 9.17) is 4.74 Å². The fourth-order valence-electron chi connectivity index (χ4n) is 2.88. The zero-order valence-corrected chi connectivity index (χ0v) is 11.1. The van der Waals surface area contributed by atoms with Crippen molar-refractivity contribution in [1.82, 2.24) is 4.90 Å². The molecule has 0 aliphatic carbocycles. The normalized spacial score (nSPS) is 27.4. The maximum atomic E-state index is 11.7. The third-order valence-corrected chi connectivity index (χ3v) is 3.83. The summed E-state index contributed by atoms with van der Waals surface area (Å²) in [6.45, 7) is 8.12. The lowest BCUT2D eigenvalue weighted by Gasteiger charge is -2.55. The Bertz CT molecular complexity index is 279. The van der Waals surface area contributed by atoms with Crippen LogP contribution in [0.5, 0.6) is 0 Å². The van der Waals surface area contributed by atoms with E-state index >= 15 is 0 Å². The van der Waals surface area contributed by atoms with Crippen LogP contribution in [-0.2, 0) is 9.53 Å². The summed E-state index contributed by atoms with van der Waals surface area (Å²) in [7, 11) is 3.34. The number of hydrogen-bond acceptors (Lipinski definition) is 4. The monoisotopic (exact) mass is 229 g/mol. The minimum Gasteiger partial charge on any atom is -0.467 e. The van der Waals surface area contributed by atoms with E-state index in [-0.39, 0.29) is 11.1 Å². The average molecular weight is 229 g/mol. The Labute approximate surface area is 97.6 Å². The first kappa shape index (κ1) is 13.5. The van der Waals surface area contributed by atoms with Gasteiger partial charge in [0.1, 0.15) is 0 Å². The topological polar surface area (TPSA) is 49.8 Å². The molecule has 0 spiro atoms. The Hall–Kier alpha value is -0.610. The summed E-state index contributed by atoms with van der Waals surface area (Å²) in [4.78, 5) is 13.9. The molecule has 0 saturated carbocycles. The predicted octanol–water partition coefficient (Wildman–Crippen LogP) is 1.17. The number of rotatable bonds is 1. The van der Waals surface area contributed by atoms with E-state index in [9.17, 15) is 9.90 Å². The Balaban J connectivity index is 3.07. The van der Waals surface area contributed by atoms with Crippen molar-refractivity contribution in [2.24, 2.45) is 0 Å². The summed E-state index contributed by atoms with van der Waals surface area (Å²) in [6, 6.07) is 0. The van der Waals surface area contributed by atoms with Gasteiger partial charge in [-0.2, -0.15) is 0 Å². The Morgan fingerprint density at radius 3 is 1.88 bits per heavy atom. The first-order chi connectivity index (χ1) is 7.05. The van der Waals surface area contributed by atoms with Crippen LogP contribution in [0.15, 0.2) is 0 Å². The van der Waals surface area contributed by atoms with Crippen LogP contribution in [0.25, 0.3) is 0 Å². The second-order valence-electron chi connectivity index (χ2n) is 6.06. The lowest BCUT2D eigenvalue weighted by molar-refractivity contribution is -0.183. The van der Waals surface area contributed by atoms with Crippen molar-refractivity contribution in [2.75, 3.05) is 14.2 Å². The second-order valence-corrected chi connectivity index (χ2v) is 6.06. The molecule has 1 N–H and O–H groups in total. The number of piperidine rings is 1. The largest absolute Gasteiger partial charge is 0.467 e. The fraction of sp³-hybridized carbons (Fsp3) is 0.917. The summed E-state index contributed by atoms with van der Waals surface area (Å²) in [5.74, 6) is -0.526. The number of nitrogens with zero attached hydrogens (tertiary/aromatic N) is 1. The highest BCUT2D eigenvalue weighted by atomic mass is 16.5. The van der Waals surface area contributed by atoms with Crippen LogP contribution in [0, 0.1) is 0 Å². The smallest absolute Gasteiger partial charge is 0.337 e. The average Bonchev–Trinajstić information content (AvgIpc) is 2.11. The molecule has 0 aromatic rings. The molecule has 0 amide bonds. The number of carbonyl (C=O) groups excluding carboxylic acids is 1. The molecule has 1 aliphatic rings. The molecule has 1 rings (SSSR count). The number of likely N-dealkylation sites (tertiary alicyclic amines) is 1. The number of esters is 1. The summed E-state index contributed by atoms with van der Waals surface area (Å²) in [6.07, 6.45) is 0.791. The van der Waals surface area contributed by atoms with Crippen LogP contribution in [-0.4, -0.2) is 46.8 Å². The maximum Gasteiger partial charge on any atom is 0.337 e. The molecule has 0 radical (unpaired) electrons. The highest BCUT2D eigenvalue weighted by molar-refractivity contribution is 5.79. The molecule has 0 aromatic carbocycles. The lowest BCUT2D eigenvalue weighted by atomic mass is 9.71. The summed E-state index contributed by atoms with van der Waals surface area (Å²) >= 11 is 0. The Kier molecular flexibility index (Phi) is 3.12. The molecular weight excluding hydrogens is 206 g/mol. The van der Waals surface area contributed by atoms with Gasteiger partial charge in [-0.25, -0.2) is 4.79 Å². The summed E-state index contributed by atoms with van der Waals surface area (Å²) < 4.78 is 4.71. The van der Waals surface area contributed by atoms with Crippen molar-refractivity contribution in [3.63, 3.8) is 0 Å². The lowest BCUT2D eigenvalue weighted by Crippen LogP contribution is -2.66. The Morgan fingerprint density at radius 1 is 1.19 bits per heavy atom. The van der Waals surface area contributed by atoms with Gasteiger partial charge in [0.15, 0.2) is 5.60 Å². The van der Waals surface area contributed by atoms with Crippen molar-refractivity contribution in [1.29, 1.82) is 0 Å². The number of carbonyl (C=O) groups is 1. The molecule has 0 bridgehead atoms. The van der Waals surface area contributed by atoms with E-state index in [1.807, 2.05) is 34.7 Å². The number of methoxy groups -OCH3 is 1. The van der Waals surface area contributed by atoms with E-state index in [1.165, 1.54) is 7.11 Å². The molecule has 1 saturated heterocycles. The SMILES string of the molecule is COC(=O)C1(O)CC(C)(C)N(C)C(C)(C)C1. The van der Waals surface area contributed by atoms with Crippen LogP contribution in [0.4, 0.5) is 0 Å². The van der Waals surface area contributed by atoms with Gasteiger partial charge in [0.25, 0.3) is 0 Å². The first-order valence-corrected chi connectivity index (χ1v) is 5.60. The van der Waals surface area contributed by atoms with Gasteiger partial charge in [0.2, 0.25) is 0 Å². The van der Waals surface area contributed by atoms with E-state index < -0.39 is 11.6 Å². The predicted molar refractivity (Wildman–Crippen MR) is 62.1 cm³/mol. The van der Waals surface area contributed by atoms with Gasteiger partial charge in [-0.15, -0.1) is 0 Å². The molecule has 16 heavy (non-hydrogen) atoms.